The highest BCUT2D eigenvalue weighted by atomic mass is 32.2. The molecule has 1 aliphatic rings. The lowest BCUT2D eigenvalue weighted by Crippen LogP contribution is -2.45. The number of nitrogens with zero attached hydrogens (tertiary/aromatic N) is 2. The van der Waals surface area contributed by atoms with E-state index in [2.05, 4.69) is 5.10 Å². The lowest BCUT2D eigenvalue weighted by molar-refractivity contribution is -0.143. The largest absolute Gasteiger partial charge is 0.388 e. The molecule has 1 amide bonds. The summed E-state index contributed by atoms with van der Waals surface area (Å²) in [6, 6.07) is 12.1. The van der Waals surface area contributed by atoms with Crippen LogP contribution in [0.25, 0.3) is 0 Å². The van der Waals surface area contributed by atoms with Gasteiger partial charge in [0.2, 0.25) is 0 Å². The second-order valence-corrected chi connectivity index (χ2v) is 8.25. The van der Waals surface area contributed by atoms with E-state index in [1.165, 1.54) is 6.92 Å². The maximum atomic E-state index is 14.5. The van der Waals surface area contributed by atoms with Gasteiger partial charge in [-0.2, -0.15) is 5.10 Å². The molecule has 0 spiro atoms. The van der Waals surface area contributed by atoms with Crippen LogP contribution in [0.5, 0.6) is 0 Å². The molecule has 3 rings (SSSR count). The van der Waals surface area contributed by atoms with Gasteiger partial charge >= 0.3 is 0 Å². The van der Waals surface area contributed by atoms with Gasteiger partial charge in [-0.15, -0.1) is 0 Å². The molecule has 0 fully saturated rings. The zero-order valence-electron chi connectivity index (χ0n) is 16.3. The number of hydrazone groups is 1. The van der Waals surface area contributed by atoms with Gasteiger partial charge in [0, 0.05) is 12.0 Å². The first-order valence-corrected chi connectivity index (χ1v) is 10.2. The normalized spacial score (nSPS) is 19.5. The lowest BCUT2D eigenvalue weighted by atomic mass is 9.98. The molecule has 2 aromatic carbocycles. The van der Waals surface area contributed by atoms with Gasteiger partial charge in [0.15, 0.2) is 0 Å². The average molecular weight is 432 g/mol. The molecule has 158 valence electrons. The van der Waals surface area contributed by atoms with Crippen molar-refractivity contribution in [1.82, 2.24) is 5.01 Å². The van der Waals surface area contributed by atoms with Crippen LogP contribution >= 0.6 is 11.8 Å². The van der Waals surface area contributed by atoms with E-state index in [1.54, 1.807) is 12.1 Å². The van der Waals surface area contributed by atoms with Crippen molar-refractivity contribution in [3.63, 3.8) is 0 Å². The fourth-order valence-corrected chi connectivity index (χ4v) is 4.70. The van der Waals surface area contributed by atoms with Gasteiger partial charge in [0.1, 0.15) is 27.7 Å². The van der Waals surface area contributed by atoms with Crippen LogP contribution in [0, 0.1) is 17.0 Å². The molecule has 0 bridgehead atoms. The number of carbonyl (C=O) groups excluding carboxylic acids is 1. The van der Waals surface area contributed by atoms with Gasteiger partial charge in [-0.05, 0) is 43.5 Å². The Balaban J connectivity index is 2.12. The third-order valence-electron chi connectivity index (χ3n) is 4.71. The Morgan fingerprint density at radius 3 is 2.63 bits per heavy atom. The molecule has 1 heterocycles. The van der Waals surface area contributed by atoms with E-state index in [0.717, 1.165) is 35.0 Å². The molecular weight excluding hydrogens is 410 g/mol. The summed E-state index contributed by atoms with van der Waals surface area (Å²) in [6.45, 7) is 1.33. The van der Waals surface area contributed by atoms with Crippen molar-refractivity contribution in [2.45, 2.75) is 37.2 Å². The van der Waals surface area contributed by atoms with E-state index < -0.39 is 28.5 Å². The fraction of sp³-hybridized carbons (Fsp3) is 0.286. The van der Waals surface area contributed by atoms with Crippen LogP contribution in [0.15, 0.2) is 53.6 Å². The van der Waals surface area contributed by atoms with Crippen molar-refractivity contribution in [3.05, 3.63) is 71.3 Å². The molecule has 4 N–H and O–H groups in total. The molecule has 2 atom stereocenters. The Hall–Kier alpha value is -2.78. The first-order valence-electron chi connectivity index (χ1n) is 9.38. The number of aliphatic hydroxyl groups is 1. The molecular formula is C21H22F2N4O2S. The van der Waals surface area contributed by atoms with Crippen LogP contribution in [-0.2, 0) is 9.67 Å². The second kappa shape index (κ2) is 8.93. The Bertz CT molecular complexity index is 984. The van der Waals surface area contributed by atoms with Crippen LogP contribution in [0.3, 0.4) is 0 Å². The van der Waals surface area contributed by atoms with E-state index in [9.17, 15) is 18.7 Å². The van der Waals surface area contributed by atoms with Crippen LogP contribution in [0.1, 0.15) is 37.3 Å². The molecule has 0 saturated carbocycles. The summed E-state index contributed by atoms with van der Waals surface area (Å²) in [6.07, 6.45) is -0.254. The van der Waals surface area contributed by atoms with E-state index in [1.807, 2.05) is 18.2 Å². The van der Waals surface area contributed by atoms with Crippen molar-refractivity contribution in [1.29, 1.82) is 5.41 Å². The third kappa shape index (κ3) is 4.36. The summed E-state index contributed by atoms with van der Waals surface area (Å²) in [5.74, 6) is -1.95. The first kappa shape index (κ1) is 21.9. The maximum Gasteiger partial charge on any atom is 0.272 e. The van der Waals surface area contributed by atoms with Crippen molar-refractivity contribution in [2.24, 2.45) is 10.8 Å². The molecule has 0 radical (unpaired) electrons. The topological polar surface area (TPSA) is 103 Å². The molecule has 0 saturated heterocycles. The zero-order valence-corrected chi connectivity index (χ0v) is 17.1. The summed E-state index contributed by atoms with van der Waals surface area (Å²) < 4.78 is 28.3. The number of hydrogen-bond acceptors (Lipinski definition) is 5. The number of amides is 1. The number of benzene rings is 2. The standard InChI is InChI=1S/C21H22F2N4O2S/c1-13(28)20(29)27-21(11-5-8-18(24)25,14-6-3-2-4-7-14)30-19(26-27)16-12-15(22)9-10-17(16)23/h2-4,6-7,9-10,12-13,28H,5,8,11H2,1H3,(H3,24,25)/t13-,21?/m0/s1. The average Bonchev–Trinajstić information content (AvgIpc) is 3.10. The maximum absolute atomic E-state index is 14.5. The predicted octanol–water partition coefficient (Wildman–Crippen LogP) is 3.54. The number of halogens is 2. The summed E-state index contributed by atoms with van der Waals surface area (Å²) in [7, 11) is 0. The highest BCUT2D eigenvalue weighted by molar-refractivity contribution is 8.15. The number of nitrogens with one attached hydrogen (secondary N) is 1. The van der Waals surface area contributed by atoms with Gasteiger partial charge in [-0.1, -0.05) is 42.1 Å². The predicted molar refractivity (Wildman–Crippen MR) is 113 cm³/mol. The monoisotopic (exact) mass is 432 g/mol. The number of hydrogen-bond donors (Lipinski definition) is 3. The molecule has 1 aliphatic heterocycles. The van der Waals surface area contributed by atoms with Crippen LogP contribution in [0.2, 0.25) is 0 Å². The van der Waals surface area contributed by atoms with Gasteiger partial charge in [0.05, 0.1) is 5.84 Å². The van der Waals surface area contributed by atoms with E-state index in [4.69, 9.17) is 11.1 Å². The Kier molecular flexibility index (Phi) is 6.52. The highest BCUT2D eigenvalue weighted by Crippen LogP contribution is 2.51. The number of thioether (sulfide) groups is 1. The molecule has 6 nitrogen and oxygen atoms in total. The molecule has 30 heavy (non-hydrogen) atoms. The molecule has 9 heteroatoms. The van der Waals surface area contributed by atoms with Gasteiger partial charge < -0.3 is 10.8 Å². The van der Waals surface area contributed by atoms with Crippen molar-refractivity contribution < 1.29 is 18.7 Å². The minimum atomic E-state index is -1.35. The molecule has 2 aromatic rings. The molecule has 0 aromatic heterocycles. The number of amidine groups is 1. The SMILES string of the molecule is C[C@H](O)C(=O)N1N=C(c2cc(F)ccc2F)SC1(CCCC(=N)N)c1ccccc1. The Labute approximate surface area is 177 Å². The minimum absolute atomic E-state index is 0.00641. The minimum Gasteiger partial charge on any atom is -0.388 e. The summed E-state index contributed by atoms with van der Waals surface area (Å²) in [4.78, 5) is 11.8. The number of aliphatic hydroxyl groups excluding tert-OH is 1. The second-order valence-electron chi connectivity index (χ2n) is 6.99. The van der Waals surface area contributed by atoms with Crippen molar-refractivity contribution in [3.8, 4) is 0 Å². The fourth-order valence-electron chi connectivity index (χ4n) is 3.27. The Morgan fingerprint density at radius 1 is 1.30 bits per heavy atom. The van der Waals surface area contributed by atoms with Crippen LogP contribution in [0.4, 0.5) is 8.78 Å². The van der Waals surface area contributed by atoms with Crippen molar-refractivity contribution in [2.75, 3.05) is 0 Å². The Morgan fingerprint density at radius 2 is 2.00 bits per heavy atom. The third-order valence-corrected chi connectivity index (χ3v) is 6.16. The van der Waals surface area contributed by atoms with Gasteiger partial charge in [-0.3, -0.25) is 10.2 Å². The van der Waals surface area contributed by atoms with E-state index >= 15 is 0 Å². The highest BCUT2D eigenvalue weighted by Gasteiger charge is 2.49. The number of nitrogens with two attached hydrogens (primary N) is 1. The van der Waals surface area contributed by atoms with Crippen molar-refractivity contribution >= 4 is 28.5 Å². The van der Waals surface area contributed by atoms with Crippen LogP contribution in [-0.4, -0.2) is 33.0 Å². The smallest absolute Gasteiger partial charge is 0.272 e. The first-order chi connectivity index (χ1) is 14.2. The summed E-state index contributed by atoms with van der Waals surface area (Å²) in [5.41, 5.74) is 6.14. The molecule has 0 aliphatic carbocycles. The lowest BCUT2D eigenvalue weighted by Gasteiger charge is -2.36. The molecule has 1 unspecified atom stereocenters. The van der Waals surface area contributed by atoms with E-state index in [-0.39, 0.29) is 16.4 Å². The zero-order chi connectivity index (χ0) is 21.9. The summed E-state index contributed by atoms with van der Waals surface area (Å²) >= 11 is 1.12. The number of carbonyl (C=O) groups is 1. The quantitative estimate of drug-likeness (QED) is 0.460. The van der Waals surface area contributed by atoms with Crippen LogP contribution < -0.4 is 5.73 Å². The number of rotatable bonds is 7. The summed E-state index contributed by atoms with van der Waals surface area (Å²) in [5, 5.41) is 23.1. The van der Waals surface area contributed by atoms with Gasteiger partial charge in [-0.25, -0.2) is 13.8 Å². The van der Waals surface area contributed by atoms with Gasteiger partial charge in [0.25, 0.3) is 5.91 Å². The van der Waals surface area contributed by atoms with E-state index in [0.29, 0.717) is 24.8 Å².